The number of hydrogen-bond donors (Lipinski definition) is 0. The van der Waals surface area contributed by atoms with Crippen LogP contribution in [0.2, 0.25) is 5.02 Å². The van der Waals surface area contributed by atoms with Gasteiger partial charge in [0.25, 0.3) is 0 Å². The molecule has 82 valence electrons. The van der Waals surface area contributed by atoms with Gasteiger partial charge in [0.05, 0.1) is 0 Å². The molecular weight excluding hydrogens is 230 g/mol. The van der Waals surface area contributed by atoms with Crippen molar-refractivity contribution in [1.29, 1.82) is 0 Å². The second kappa shape index (κ2) is 4.19. The van der Waals surface area contributed by atoms with Crippen LogP contribution in [0.25, 0.3) is 16.5 Å². The van der Waals surface area contributed by atoms with E-state index in [4.69, 9.17) is 11.6 Å². The molecule has 2 aromatic carbocycles. The van der Waals surface area contributed by atoms with Crippen molar-refractivity contribution >= 4 is 22.4 Å². The van der Waals surface area contributed by atoms with E-state index >= 15 is 0 Å². The van der Waals surface area contributed by atoms with Crippen LogP contribution in [0.1, 0.15) is 0 Å². The number of pyridine rings is 1. The highest BCUT2D eigenvalue weighted by Crippen LogP contribution is 2.13. The molecule has 3 rings (SSSR count). The van der Waals surface area contributed by atoms with E-state index in [1.807, 2.05) is 42.6 Å². The smallest absolute Gasteiger partial charge is 0.167 e. The van der Waals surface area contributed by atoms with Crippen molar-refractivity contribution in [3.63, 3.8) is 0 Å². The summed E-state index contributed by atoms with van der Waals surface area (Å²) in [4.78, 5) is 0. The molecule has 1 nitrogen and oxygen atoms in total. The Morgan fingerprint density at radius 2 is 1.65 bits per heavy atom. The Bertz CT molecular complexity index is 676. The molecule has 0 aliphatic carbocycles. The first-order valence-corrected chi connectivity index (χ1v) is 5.87. The van der Waals surface area contributed by atoms with E-state index in [9.17, 15) is 0 Å². The fourth-order valence-electron chi connectivity index (χ4n) is 1.93. The van der Waals surface area contributed by atoms with Gasteiger partial charge < -0.3 is 0 Å². The Balaban J connectivity index is 2.18. The lowest BCUT2D eigenvalue weighted by Crippen LogP contribution is -2.29. The molecule has 17 heavy (non-hydrogen) atoms. The average Bonchev–Trinajstić information content (AvgIpc) is 2.38. The zero-order valence-corrected chi connectivity index (χ0v) is 9.93. The molecule has 0 saturated carbocycles. The van der Waals surface area contributed by atoms with Gasteiger partial charge in [0.2, 0.25) is 5.69 Å². The first kappa shape index (κ1) is 10.3. The molecule has 2 heteroatoms. The van der Waals surface area contributed by atoms with Crippen LogP contribution < -0.4 is 4.57 Å². The van der Waals surface area contributed by atoms with Crippen molar-refractivity contribution in [3.05, 3.63) is 72.0 Å². The molecule has 0 aliphatic rings. The third-order valence-electron chi connectivity index (χ3n) is 2.80. The minimum absolute atomic E-state index is 0.753. The SMILES string of the molecule is Clc1cccc(-[n+]2ccc3ccccc3c2)c1. The number of rotatable bonds is 1. The van der Waals surface area contributed by atoms with Crippen LogP contribution >= 0.6 is 11.6 Å². The number of aromatic nitrogens is 1. The van der Waals surface area contributed by atoms with E-state index in [1.54, 1.807) is 0 Å². The maximum atomic E-state index is 6.00. The zero-order valence-electron chi connectivity index (χ0n) is 9.18. The molecule has 0 atom stereocenters. The predicted molar refractivity (Wildman–Crippen MR) is 70.5 cm³/mol. The highest BCUT2D eigenvalue weighted by atomic mass is 35.5. The van der Waals surface area contributed by atoms with Crippen molar-refractivity contribution in [2.45, 2.75) is 0 Å². The summed E-state index contributed by atoms with van der Waals surface area (Å²) in [6.45, 7) is 0. The Kier molecular flexibility index (Phi) is 2.54. The molecule has 3 aromatic rings. The topological polar surface area (TPSA) is 3.88 Å². The van der Waals surface area contributed by atoms with Crippen LogP contribution in [-0.2, 0) is 0 Å². The highest BCUT2D eigenvalue weighted by molar-refractivity contribution is 6.30. The second-order valence-corrected chi connectivity index (χ2v) is 4.40. The van der Waals surface area contributed by atoms with Crippen LogP contribution in [0.15, 0.2) is 67.0 Å². The Labute approximate surface area is 105 Å². The molecule has 0 spiro atoms. The molecule has 0 radical (unpaired) electrons. The number of benzene rings is 2. The Morgan fingerprint density at radius 1 is 0.824 bits per heavy atom. The number of halogens is 1. The number of nitrogens with zero attached hydrogens (tertiary/aromatic N) is 1. The van der Waals surface area contributed by atoms with Crippen LogP contribution in [0.5, 0.6) is 0 Å². The summed E-state index contributed by atoms with van der Waals surface area (Å²) in [6, 6.07) is 18.3. The van der Waals surface area contributed by atoms with Gasteiger partial charge >= 0.3 is 0 Å². The lowest BCUT2D eigenvalue weighted by Gasteiger charge is -1.98. The van der Waals surface area contributed by atoms with Crippen molar-refractivity contribution in [3.8, 4) is 5.69 Å². The first-order chi connectivity index (χ1) is 8.33. The molecule has 0 saturated heterocycles. The van der Waals surface area contributed by atoms with E-state index in [-0.39, 0.29) is 0 Å². The predicted octanol–water partition coefficient (Wildman–Crippen LogP) is 3.77. The Hall–Kier alpha value is -1.86. The van der Waals surface area contributed by atoms with Crippen LogP contribution in [0.4, 0.5) is 0 Å². The van der Waals surface area contributed by atoms with E-state index in [0.717, 1.165) is 10.7 Å². The molecule has 0 fully saturated rings. The molecule has 1 heterocycles. The van der Waals surface area contributed by atoms with Crippen molar-refractivity contribution in [2.24, 2.45) is 0 Å². The van der Waals surface area contributed by atoms with Crippen molar-refractivity contribution in [1.82, 2.24) is 0 Å². The van der Waals surface area contributed by atoms with E-state index in [0.29, 0.717) is 0 Å². The third-order valence-corrected chi connectivity index (χ3v) is 3.03. The maximum Gasteiger partial charge on any atom is 0.212 e. The summed E-state index contributed by atoms with van der Waals surface area (Å²) in [5.41, 5.74) is 1.07. The zero-order chi connectivity index (χ0) is 11.7. The van der Waals surface area contributed by atoms with Crippen molar-refractivity contribution in [2.75, 3.05) is 0 Å². The monoisotopic (exact) mass is 240 g/mol. The minimum atomic E-state index is 0.753. The van der Waals surface area contributed by atoms with Gasteiger partial charge in [-0.15, -0.1) is 0 Å². The molecular formula is C15H11ClN+. The summed E-state index contributed by atoms with van der Waals surface area (Å²) < 4.78 is 2.08. The summed E-state index contributed by atoms with van der Waals surface area (Å²) >= 11 is 6.00. The van der Waals surface area contributed by atoms with E-state index in [1.165, 1.54) is 10.8 Å². The standard InChI is InChI=1S/C15H11ClN/c16-14-6-3-7-15(10-14)17-9-8-12-4-1-2-5-13(12)11-17/h1-11H/q+1. The van der Waals surface area contributed by atoms with Gasteiger partial charge in [-0.2, -0.15) is 4.57 Å². The van der Waals surface area contributed by atoms with Crippen LogP contribution in [0.3, 0.4) is 0 Å². The summed E-state index contributed by atoms with van der Waals surface area (Å²) in [5, 5.41) is 3.21. The van der Waals surface area contributed by atoms with Gasteiger partial charge in [-0.1, -0.05) is 35.9 Å². The lowest BCUT2D eigenvalue weighted by molar-refractivity contribution is -0.594. The van der Waals surface area contributed by atoms with Gasteiger partial charge in [-0.25, -0.2) is 0 Å². The molecule has 0 N–H and O–H groups in total. The fraction of sp³-hybridized carbons (Fsp3) is 0. The summed E-state index contributed by atoms with van der Waals surface area (Å²) in [5.74, 6) is 0. The number of hydrogen-bond acceptors (Lipinski definition) is 0. The third kappa shape index (κ3) is 2.02. The maximum absolute atomic E-state index is 6.00. The van der Waals surface area contributed by atoms with Gasteiger partial charge in [-0.3, -0.25) is 0 Å². The molecule has 1 aromatic heterocycles. The van der Waals surface area contributed by atoms with E-state index < -0.39 is 0 Å². The van der Waals surface area contributed by atoms with E-state index in [2.05, 4.69) is 29.0 Å². The normalized spacial score (nSPS) is 10.6. The van der Waals surface area contributed by atoms with Crippen LogP contribution in [0, 0.1) is 0 Å². The van der Waals surface area contributed by atoms with Gasteiger partial charge in [0.15, 0.2) is 12.4 Å². The minimum Gasteiger partial charge on any atom is -0.167 e. The quantitative estimate of drug-likeness (QED) is 0.570. The fourth-order valence-corrected chi connectivity index (χ4v) is 2.12. The molecule has 0 bridgehead atoms. The number of fused-ring (bicyclic) bond motifs is 1. The molecule has 0 aliphatic heterocycles. The first-order valence-electron chi connectivity index (χ1n) is 5.49. The van der Waals surface area contributed by atoms with Crippen molar-refractivity contribution < 1.29 is 4.57 Å². The summed E-state index contributed by atoms with van der Waals surface area (Å²) in [7, 11) is 0. The molecule has 0 unspecified atom stereocenters. The lowest BCUT2D eigenvalue weighted by atomic mass is 10.2. The average molecular weight is 241 g/mol. The summed E-state index contributed by atoms with van der Waals surface area (Å²) in [6.07, 6.45) is 4.16. The molecule has 0 amide bonds. The largest absolute Gasteiger partial charge is 0.212 e. The highest BCUT2D eigenvalue weighted by Gasteiger charge is 2.06. The van der Waals surface area contributed by atoms with Gasteiger partial charge in [0, 0.05) is 28.6 Å². The Morgan fingerprint density at radius 3 is 2.47 bits per heavy atom. The van der Waals surface area contributed by atoms with Gasteiger partial charge in [0.1, 0.15) is 0 Å². The second-order valence-electron chi connectivity index (χ2n) is 3.96. The van der Waals surface area contributed by atoms with Gasteiger partial charge in [-0.05, 0) is 17.5 Å². The van der Waals surface area contributed by atoms with Crippen LogP contribution in [-0.4, -0.2) is 0 Å².